The molecule has 102 valence electrons. The van der Waals surface area contributed by atoms with Gasteiger partial charge in [-0.05, 0) is 25.0 Å². The Morgan fingerprint density at radius 1 is 1.37 bits per heavy atom. The Hall–Kier alpha value is -1.69. The lowest BCUT2D eigenvalue weighted by atomic mass is 10.0. The SMILES string of the molecule is Cc1ccc(C(=O)N[C@@H](Cn2nccn2)C(C)C)s1. The number of hydrogen-bond donors (Lipinski definition) is 1. The summed E-state index contributed by atoms with van der Waals surface area (Å²) in [5.41, 5.74) is 0. The van der Waals surface area contributed by atoms with Crippen LogP contribution in [0, 0.1) is 12.8 Å². The maximum absolute atomic E-state index is 12.2. The first kappa shape index (κ1) is 13.7. The first-order valence-electron chi connectivity index (χ1n) is 6.27. The molecule has 0 saturated carbocycles. The van der Waals surface area contributed by atoms with Crippen molar-refractivity contribution in [2.75, 3.05) is 0 Å². The Bertz CT molecular complexity index is 533. The second-order valence-electron chi connectivity index (χ2n) is 4.82. The average Bonchev–Trinajstić information content (AvgIpc) is 2.99. The van der Waals surface area contributed by atoms with Crippen LogP contribution in [-0.4, -0.2) is 26.9 Å². The van der Waals surface area contributed by atoms with Gasteiger partial charge in [0.2, 0.25) is 0 Å². The number of nitrogens with zero attached hydrogens (tertiary/aromatic N) is 3. The molecule has 0 saturated heterocycles. The van der Waals surface area contributed by atoms with E-state index in [1.807, 2.05) is 19.1 Å². The molecule has 1 amide bonds. The number of aryl methyl sites for hydroxylation is 1. The zero-order valence-corrected chi connectivity index (χ0v) is 12.1. The van der Waals surface area contributed by atoms with Crippen molar-refractivity contribution >= 4 is 17.2 Å². The summed E-state index contributed by atoms with van der Waals surface area (Å²) in [6.45, 7) is 6.73. The third-order valence-electron chi connectivity index (χ3n) is 2.91. The van der Waals surface area contributed by atoms with Crippen molar-refractivity contribution in [1.82, 2.24) is 20.3 Å². The van der Waals surface area contributed by atoms with Crippen molar-refractivity contribution in [3.05, 3.63) is 34.3 Å². The summed E-state index contributed by atoms with van der Waals surface area (Å²) in [5, 5.41) is 11.2. The number of nitrogens with one attached hydrogen (secondary N) is 1. The van der Waals surface area contributed by atoms with Gasteiger partial charge in [0.05, 0.1) is 29.9 Å². The molecule has 2 heterocycles. The standard InChI is InChI=1S/C13H18N4OS/c1-9(2)11(8-17-14-6-7-15-17)16-13(18)12-5-4-10(3)19-12/h4-7,9,11H,8H2,1-3H3,(H,16,18)/t11-/m0/s1. The lowest BCUT2D eigenvalue weighted by Crippen LogP contribution is -2.41. The predicted molar refractivity (Wildman–Crippen MR) is 75.2 cm³/mol. The molecule has 6 heteroatoms. The molecule has 0 fully saturated rings. The maximum Gasteiger partial charge on any atom is 0.261 e. The Labute approximate surface area is 116 Å². The lowest BCUT2D eigenvalue weighted by Gasteiger charge is -2.21. The molecule has 0 aliphatic carbocycles. The van der Waals surface area contributed by atoms with Crippen molar-refractivity contribution in [3.63, 3.8) is 0 Å². The van der Waals surface area contributed by atoms with Gasteiger partial charge in [0.1, 0.15) is 0 Å². The summed E-state index contributed by atoms with van der Waals surface area (Å²) < 4.78 is 0. The molecule has 0 bridgehead atoms. The summed E-state index contributed by atoms with van der Waals surface area (Å²) >= 11 is 1.51. The molecule has 1 N–H and O–H groups in total. The quantitative estimate of drug-likeness (QED) is 0.911. The predicted octanol–water partition coefficient (Wildman–Crippen LogP) is 2.10. The number of rotatable bonds is 5. The molecular formula is C13H18N4OS. The molecule has 2 aromatic rings. The van der Waals surface area contributed by atoms with Gasteiger partial charge in [-0.2, -0.15) is 15.0 Å². The molecule has 5 nitrogen and oxygen atoms in total. The highest BCUT2D eigenvalue weighted by molar-refractivity contribution is 7.13. The van der Waals surface area contributed by atoms with Crippen molar-refractivity contribution in [2.45, 2.75) is 33.4 Å². The van der Waals surface area contributed by atoms with Crippen molar-refractivity contribution in [2.24, 2.45) is 5.92 Å². The van der Waals surface area contributed by atoms with E-state index in [1.165, 1.54) is 11.3 Å². The van der Waals surface area contributed by atoms with Crippen LogP contribution in [0.4, 0.5) is 0 Å². The van der Waals surface area contributed by atoms with Crippen LogP contribution in [0.5, 0.6) is 0 Å². The van der Waals surface area contributed by atoms with Crippen LogP contribution in [-0.2, 0) is 6.54 Å². The summed E-state index contributed by atoms with van der Waals surface area (Å²) in [5.74, 6) is 0.292. The normalized spacial score (nSPS) is 12.6. The van der Waals surface area contributed by atoms with Crippen LogP contribution in [0.15, 0.2) is 24.5 Å². The molecule has 0 aliphatic rings. The van der Waals surface area contributed by atoms with Gasteiger partial charge in [0.15, 0.2) is 0 Å². The maximum atomic E-state index is 12.2. The topological polar surface area (TPSA) is 59.8 Å². The molecule has 0 unspecified atom stereocenters. The number of aromatic nitrogens is 3. The van der Waals surface area contributed by atoms with Crippen LogP contribution >= 0.6 is 11.3 Å². The second kappa shape index (κ2) is 5.97. The largest absolute Gasteiger partial charge is 0.346 e. The highest BCUT2D eigenvalue weighted by atomic mass is 32.1. The molecule has 0 radical (unpaired) electrons. The second-order valence-corrected chi connectivity index (χ2v) is 6.11. The first-order valence-corrected chi connectivity index (χ1v) is 7.09. The summed E-state index contributed by atoms with van der Waals surface area (Å²) in [6.07, 6.45) is 3.28. The fraction of sp³-hybridized carbons (Fsp3) is 0.462. The Kier molecular flexibility index (Phi) is 4.31. The van der Waals surface area contributed by atoms with Crippen molar-refractivity contribution in [1.29, 1.82) is 0 Å². The fourth-order valence-corrected chi connectivity index (χ4v) is 2.50. The highest BCUT2D eigenvalue weighted by Crippen LogP contribution is 2.15. The number of carbonyl (C=O) groups excluding carboxylic acids is 1. The van der Waals surface area contributed by atoms with E-state index < -0.39 is 0 Å². The number of carbonyl (C=O) groups is 1. The third-order valence-corrected chi connectivity index (χ3v) is 3.91. The molecule has 2 aromatic heterocycles. The molecular weight excluding hydrogens is 260 g/mol. The molecule has 19 heavy (non-hydrogen) atoms. The first-order chi connectivity index (χ1) is 9.06. The van der Waals surface area contributed by atoms with Gasteiger partial charge in [-0.1, -0.05) is 13.8 Å². The van der Waals surface area contributed by atoms with Gasteiger partial charge in [-0.25, -0.2) is 0 Å². The zero-order valence-electron chi connectivity index (χ0n) is 11.3. The van der Waals surface area contributed by atoms with Gasteiger partial charge in [0, 0.05) is 4.88 Å². The Morgan fingerprint density at radius 2 is 2.05 bits per heavy atom. The monoisotopic (exact) mass is 278 g/mol. The van der Waals surface area contributed by atoms with Gasteiger partial charge in [-0.15, -0.1) is 11.3 Å². The van der Waals surface area contributed by atoms with E-state index in [9.17, 15) is 4.79 Å². The van der Waals surface area contributed by atoms with E-state index in [1.54, 1.807) is 17.2 Å². The van der Waals surface area contributed by atoms with E-state index in [0.717, 1.165) is 9.75 Å². The van der Waals surface area contributed by atoms with Crippen LogP contribution in [0.1, 0.15) is 28.4 Å². The molecule has 0 aromatic carbocycles. The van der Waals surface area contributed by atoms with Crippen molar-refractivity contribution in [3.8, 4) is 0 Å². The Balaban J connectivity index is 2.02. The molecule has 1 atom stereocenters. The van der Waals surface area contributed by atoms with E-state index in [4.69, 9.17) is 0 Å². The minimum absolute atomic E-state index is 0.0160. The van der Waals surface area contributed by atoms with Crippen LogP contribution < -0.4 is 5.32 Å². The van der Waals surface area contributed by atoms with E-state index >= 15 is 0 Å². The van der Waals surface area contributed by atoms with E-state index in [-0.39, 0.29) is 11.9 Å². The third kappa shape index (κ3) is 3.64. The smallest absolute Gasteiger partial charge is 0.261 e. The van der Waals surface area contributed by atoms with Gasteiger partial charge in [-0.3, -0.25) is 4.79 Å². The zero-order chi connectivity index (χ0) is 13.8. The Morgan fingerprint density at radius 3 is 2.58 bits per heavy atom. The number of thiophene rings is 1. The van der Waals surface area contributed by atoms with E-state index in [0.29, 0.717) is 12.5 Å². The van der Waals surface area contributed by atoms with Crippen LogP contribution in [0.25, 0.3) is 0 Å². The summed E-state index contributed by atoms with van der Waals surface area (Å²) in [6, 6.07) is 3.83. The van der Waals surface area contributed by atoms with Gasteiger partial charge in [0.25, 0.3) is 5.91 Å². The summed E-state index contributed by atoms with van der Waals surface area (Å²) in [4.78, 5) is 15.6. The van der Waals surface area contributed by atoms with Gasteiger partial charge < -0.3 is 5.32 Å². The van der Waals surface area contributed by atoms with Gasteiger partial charge >= 0.3 is 0 Å². The van der Waals surface area contributed by atoms with Crippen molar-refractivity contribution < 1.29 is 4.79 Å². The molecule has 2 rings (SSSR count). The fourth-order valence-electron chi connectivity index (χ4n) is 1.73. The molecule has 0 spiro atoms. The van der Waals surface area contributed by atoms with E-state index in [2.05, 4.69) is 29.4 Å². The minimum Gasteiger partial charge on any atom is -0.346 e. The van der Waals surface area contributed by atoms with Crippen LogP contribution in [0.3, 0.4) is 0 Å². The highest BCUT2D eigenvalue weighted by Gasteiger charge is 2.19. The van der Waals surface area contributed by atoms with Crippen LogP contribution in [0.2, 0.25) is 0 Å². The molecule has 0 aliphatic heterocycles. The lowest BCUT2D eigenvalue weighted by molar-refractivity contribution is 0.0922. The number of amides is 1. The summed E-state index contributed by atoms with van der Waals surface area (Å²) in [7, 11) is 0. The minimum atomic E-state index is -0.0241. The number of hydrogen-bond acceptors (Lipinski definition) is 4. The average molecular weight is 278 g/mol.